The van der Waals surface area contributed by atoms with Crippen LogP contribution in [0.1, 0.15) is 20.8 Å². The molecule has 0 bridgehead atoms. The Bertz CT molecular complexity index is 622. The number of thiophene rings is 1. The van der Waals surface area contributed by atoms with Gasteiger partial charge in [0.15, 0.2) is 0 Å². The molecule has 0 fully saturated rings. The van der Waals surface area contributed by atoms with E-state index in [9.17, 15) is 4.79 Å². The minimum Gasteiger partial charge on any atom is -0.496 e. The molecule has 2 aromatic rings. The minimum absolute atomic E-state index is 0.0685. The Hall–Kier alpha value is -2.01. The Balaban J connectivity index is 2.20. The molecule has 0 saturated heterocycles. The van der Waals surface area contributed by atoms with E-state index in [2.05, 4.69) is 0 Å². The number of ether oxygens (including phenoxy) is 1. The third kappa shape index (κ3) is 2.93. The fourth-order valence-electron chi connectivity index (χ4n) is 2.02. The van der Waals surface area contributed by atoms with Gasteiger partial charge in [0.2, 0.25) is 0 Å². The van der Waals surface area contributed by atoms with E-state index in [0.29, 0.717) is 17.1 Å². The highest BCUT2D eigenvalue weighted by Gasteiger charge is 2.17. The number of hydrogen-bond acceptors (Lipinski definition) is 4. The quantitative estimate of drug-likeness (QED) is 0.942. The van der Waals surface area contributed by atoms with Gasteiger partial charge in [-0.3, -0.25) is 4.79 Å². The van der Waals surface area contributed by atoms with E-state index >= 15 is 0 Å². The summed E-state index contributed by atoms with van der Waals surface area (Å²) in [7, 11) is 3.40. The summed E-state index contributed by atoms with van der Waals surface area (Å²) < 4.78 is 5.34. The van der Waals surface area contributed by atoms with Crippen molar-refractivity contribution in [2.75, 3.05) is 19.9 Å². The SMILES string of the molecule is COc1ccc(C)cc1CN(C)C(=O)c1sccc1N. The van der Waals surface area contributed by atoms with Crippen molar-refractivity contribution in [3.05, 3.63) is 45.6 Å². The number of nitrogens with two attached hydrogens (primary N) is 1. The van der Waals surface area contributed by atoms with Crippen LogP contribution >= 0.6 is 11.3 Å². The Morgan fingerprint density at radius 1 is 1.40 bits per heavy atom. The lowest BCUT2D eigenvalue weighted by atomic mass is 10.1. The minimum atomic E-state index is -0.0685. The fourth-order valence-corrected chi connectivity index (χ4v) is 2.84. The van der Waals surface area contributed by atoms with Gasteiger partial charge in [0, 0.05) is 19.2 Å². The number of amides is 1. The van der Waals surface area contributed by atoms with Gasteiger partial charge in [-0.25, -0.2) is 0 Å². The highest BCUT2D eigenvalue weighted by atomic mass is 32.1. The normalized spacial score (nSPS) is 10.3. The molecule has 0 aliphatic carbocycles. The number of rotatable bonds is 4. The summed E-state index contributed by atoms with van der Waals surface area (Å²) >= 11 is 1.36. The van der Waals surface area contributed by atoms with Gasteiger partial charge in [-0.05, 0) is 24.4 Å². The lowest BCUT2D eigenvalue weighted by molar-refractivity contribution is 0.0790. The Kier molecular flexibility index (Phi) is 4.29. The second-order valence-electron chi connectivity index (χ2n) is 4.68. The molecule has 0 unspecified atom stereocenters. The summed E-state index contributed by atoms with van der Waals surface area (Å²) in [4.78, 5) is 14.6. The second-order valence-corrected chi connectivity index (χ2v) is 5.60. The van der Waals surface area contributed by atoms with Gasteiger partial charge in [-0.2, -0.15) is 0 Å². The van der Waals surface area contributed by atoms with Crippen molar-refractivity contribution >= 4 is 22.9 Å². The number of nitrogen functional groups attached to an aromatic ring is 1. The maximum absolute atomic E-state index is 12.3. The van der Waals surface area contributed by atoms with Crippen LogP contribution in [0, 0.1) is 6.92 Å². The van der Waals surface area contributed by atoms with Crippen LogP contribution in [0.25, 0.3) is 0 Å². The number of carbonyl (C=O) groups is 1. The third-order valence-electron chi connectivity index (χ3n) is 3.08. The van der Waals surface area contributed by atoms with Crippen LogP contribution in [-0.2, 0) is 6.54 Å². The Morgan fingerprint density at radius 3 is 2.75 bits per heavy atom. The fraction of sp³-hybridized carbons (Fsp3) is 0.267. The molecule has 0 aliphatic rings. The Morgan fingerprint density at radius 2 is 2.15 bits per heavy atom. The molecule has 0 aliphatic heterocycles. The zero-order valence-corrected chi connectivity index (χ0v) is 12.7. The van der Waals surface area contributed by atoms with E-state index in [-0.39, 0.29) is 5.91 Å². The first-order valence-corrected chi connectivity index (χ1v) is 7.13. The van der Waals surface area contributed by atoms with E-state index < -0.39 is 0 Å². The molecule has 5 heteroatoms. The van der Waals surface area contributed by atoms with E-state index in [1.54, 1.807) is 25.1 Å². The first-order valence-electron chi connectivity index (χ1n) is 6.25. The molecule has 4 nitrogen and oxygen atoms in total. The van der Waals surface area contributed by atoms with E-state index in [1.165, 1.54) is 11.3 Å². The standard InChI is InChI=1S/C15H18N2O2S/c1-10-4-5-13(19-3)11(8-10)9-17(2)15(18)14-12(16)6-7-20-14/h4-8H,9,16H2,1-3H3. The van der Waals surface area contributed by atoms with Crippen molar-refractivity contribution in [2.45, 2.75) is 13.5 Å². The zero-order valence-electron chi connectivity index (χ0n) is 11.8. The number of hydrogen-bond donors (Lipinski definition) is 1. The monoisotopic (exact) mass is 290 g/mol. The van der Waals surface area contributed by atoms with Crippen LogP contribution in [-0.4, -0.2) is 25.0 Å². The van der Waals surface area contributed by atoms with E-state index in [1.807, 2.05) is 30.5 Å². The largest absolute Gasteiger partial charge is 0.496 e. The van der Waals surface area contributed by atoms with Gasteiger partial charge in [0.1, 0.15) is 10.6 Å². The van der Waals surface area contributed by atoms with E-state index in [4.69, 9.17) is 10.5 Å². The highest BCUT2D eigenvalue weighted by Crippen LogP contribution is 2.24. The summed E-state index contributed by atoms with van der Waals surface area (Å²) in [6, 6.07) is 7.68. The number of nitrogens with zero attached hydrogens (tertiary/aromatic N) is 1. The summed E-state index contributed by atoms with van der Waals surface area (Å²) in [5.74, 6) is 0.718. The van der Waals surface area contributed by atoms with Crippen LogP contribution in [0.4, 0.5) is 5.69 Å². The molecule has 20 heavy (non-hydrogen) atoms. The summed E-state index contributed by atoms with van der Waals surface area (Å²) in [6.07, 6.45) is 0. The number of benzene rings is 1. The molecule has 1 heterocycles. The molecule has 2 N–H and O–H groups in total. The molecule has 0 spiro atoms. The van der Waals surface area contributed by atoms with Crippen molar-refractivity contribution in [1.29, 1.82) is 0 Å². The predicted molar refractivity (Wildman–Crippen MR) is 82.3 cm³/mol. The van der Waals surface area contributed by atoms with Crippen molar-refractivity contribution in [3.8, 4) is 5.75 Å². The van der Waals surface area contributed by atoms with Crippen LogP contribution in [0.5, 0.6) is 5.75 Å². The molecule has 0 saturated carbocycles. The molecule has 1 aromatic carbocycles. The van der Waals surface area contributed by atoms with Crippen LogP contribution in [0.3, 0.4) is 0 Å². The second kappa shape index (κ2) is 5.96. The third-order valence-corrected chi connectivity index (χ3v) is 4.00. The van der Waals surface area contributed by atoms with Crippen molar-refractivity contribution in [1.82, 2.24) is 4.90 Å². The Labute approximate surface area is 122 Å². The van der Waals surface area contributed by atoms with Crippen LogP contribution in [0.15, 0.2) is 29.6 Å². The van der Waals surface area contributed by atoms with Gasteiger partial charge >= 0.3 is 0 Å². The first kappa shape index (κ1) is 14.4. The highest BCUT2D eigenvalue weighted by molar-refractivity contribution is 7.12. The average Bonchev–Trinajstić information content (AvgIpc) is 2.84. The zero-order chi connectivity index (χ0) is 14.7. The molecule has 2 rings (SSSR count). The van der Waals surface area contributed by atoms with Gasteiger partial charge in [-0.1, -0.05) is 17.7 Å². The van der Waals surface area contributed by atoms with Gasteiger partial charge < -0.3 is 15.4 Å². The van der Waals surface area contributed by atoms with E-state index in [0.717, 1.165) is 16.9 Å². The molecule has 0 radical (unpaired) electrons. The van der Waals surface area contributed by atoms with Crippen molar-refractivity contribution in [2.24, 2.45) is 0 Å². The maximum Gasteiger partial charge on any atom is 0.266 e. The van der Waals surface area contributed by atoms with Crippen molar-refractivity contribution < 1.29 is 9.53 Å². The topological polar surface area (TPSA) is 55.6 Å². The molecular weight excluding hydrogens is 272 g/mol. The molecule has 0 atom stereocenters. The number of aryl methyl sites for hydroxylation is 1. The average molecular weight is 290 g/mol. The molecule has 1 aromatic heterocycles. The smallest absolute Gasteiger partial charge is 0.266 e. The maximum atomic E-state index is 12.3. The molecule has 106 valence electrons. The first-order chi connectivity index (χ1) is 9.52. The lowest BCUT2D eigenvalue weighted by Gasteiger charge is -2.19. The number of anilines is 1. The summed E-state index contributed by atoms with van der Waals surface area (Å²) in [5.41, 5.74) is 8.44. The number of methoxy groups -OCH3 is 1. The summed E-state index contributed by atoms with van der Waals surface area (Å²) in [5, 5.41) is 1.82. The lowest BCUT2D eigenvalue weighted by Crippen LogP contribution is -2.26. The van der Waals surface area contributed by atoms with Crippen molar-refractivity contribution in [3.63, 3.8) is 0 Å². The van der Waals surface area contributed by atoms with Gasteiger partial charge in [0.05, 0.1) is 12.8 Å². The number of carbonyl (C=O) groups excluding carboxylic acids is 1. The molecular formula is C15H18N2O2S. The van der Waals surface area contributed by atoms with Crippen LogP contribution in [0.2, 0.25) is 0 Å². The van der Waals surface area contributed by atoms with Gasteiger partial charge in [-0.15, -0.1) is 11.3 Å². The van der Waals surface area contributed by atoms with Crippen LogP contribution < -0.4 is 10.5 Å². The molecule has 1 amide bonds. The predicted octanol–water partition coefficient (Wildman–Crippen LogP) is 2.92. The summed E-state index contributed by atoms with van der Waals surface area (Å²) in [6.45, 7) is 2.50. The van der Waals surface area contributed by atoms with Gasteiger partial charge in [0.25, 0.3) is 5.91 Å².